The highest BCUT2D eigenvalue weighted by atomic mass is 32.1. The van der Waals surface area contributed by atoms with Crippen molar-refractivity contribution in [1.29, 1.82) is 0 Å². The minimum absolute atomic E-state index is 0.128. The molecule has 1 aliphatic heterocycles. The molecule has 0 aliphatic carbocycles. The maximum Gasteiger partial charge on any atom is 0.263 e. The first-order valence-electron chi connectivity index (χ1n) is 5.93. The average molecular weight is 269 g/mol. The summed E-state index contributed by atoms with van der Waals surface area (Å²) >= 11 is 1.43. The summed E-state index contributed by atoms with van der Waals surface area (Å²) in [7, 11) is 1.61. The van der Waals surface area contributed by atoms with E-state index in [0.717, 1.165) is 18.1 Å². The molecular weight excluding hydrogens is 250 g/mol. The lowest BCUT2D eigenvalue weighted by Gasteiger charge is -2.38. The number of carbonyl (C=O) groups is 1. The highest BCUT2D eigenvalue weighted by molar-refractivity contribution is 7.18. The van der Waals surface area contributed by atoms with E-state index in [0.29, 0.717) is 17.2 Å². The summed E-state index contributed by atoms with van der Waals surface area (Å²) in [6.07, 6.45) is 0. The van der Waals surface area contributed by atoms with E-state index in [2.05, 4.69) is 24.1 Å². The second kappa shape index (κ2) is 4.78. The number of amides is 1. The predicted octanol–water partition coefficient (Wildman–Crippen LogP) is 1.31. The van der Waals surface area contributed by atoms with Crippen molar-refractivity contribution in [2.45, 2.75) is 19.4 Å². The third kappa shape index (κ3) is 2.59. The lowest BCUT2D eigenvalue weighted by Crippen LogP contribution is -2.48. The summed E-state index contributed by atoms with van der Waals surface area (Å²) in [5.74, 6) is -0.128. The fourth-order valence-electron chi connectivity index (χ4n) is 2.04. The van der Waals surface area contributed by atoms with Crippen molar-refractivity contribution in [1.82, 2.24) is 5.32 Å². The van der Waals surface area contributed by atoms with Crippen LogP contribution in [-0.2, 0) is 4.74 Å². The molecule has 0 bridgehead atoms. The molecule has 1 saturated heterocycles. The third-order valence-corrected chi connectivity index (χ3v) is 4.13. The summed E-state index contributed by atoms with van der Waals surface area (Å²) in [6, 6.07) is 1.87. The van der Waals surface area contributed by atoms with Gasteiger partial charge in [0.25, 0.3) is 5.91 Å². The van der Waals surface area contributed by atoms with E-state index in [1.54, 1.807) is 7.05 Å². The number of morpholine rings is 1. The Balaban J connectivity index is 2.21. The van der Waals surface area contributed by atoms with Gasteiger partial charge in [0.15, 0.2) is 0 Å². The van der Waals surface area contributed by atoms with E-state index in [9.17, 15) is 4.79 Å². The number of thiophene rings is 1. The van der Waals surface area contributed by atoms with Crippen molar-refractivity contribution in [2.75, 3.05) is 37.4 Å². The number of nitrogens with two attached hydrogens (primary N) is 1. The van der Waals surface area contributed by atoms with Gasteiger partial charge >= 0.3 is 0 Å². The second-order valence-electron chi connectivity index (χ2n) is 4.98. The van der Waals surface area contributed by atoms with Crippen molar-refractivity contribution in [2.24, 2.45) is 0 Å². The zero-order valence-corrected chi connectivity index (χ0v) is 11.8. The Kier molecular flexibility index (Phi) is 3.49. The third-order valence-electron chi connectivity index (χ3n) is 2.92. The number of nitrogens with zero attached hydrogens (tertiary/aromatic N) is 1. The second-order valence-corrected chi connectivity index (χ2v) is 6.01. The average Bonchev–Trinajstić information content (AvgIpc) is 2.69. The summed E-state index contributed by atoms with van der Waals surface area (Å²) in [5.41, 5.74) is 6.26. The Labute approximate surface area is 111 Å². The Morgan fingerprint density at radius 1 is 1.61 bits per heavy atom. The van der Waals surface area contributed by atoms with Crippen molar-refractivity contribution >= 4 is 27.9 Å². The van der Waals surface area contributed by atoms with Gasteiger partial charge < -0.3 is 20.7 Å². The molecule has 100 valence electrons. The maximum atomic E-state index is 11.6. The zero-order chi connectivity index (χ0) is 13.3. The van der Waals surface area contributed by atoms with Gasteiger partial charge in [-0.15, -0.1) is 11.3 Å². The molecule has 3 N–H and O–H groups in total. The summed E-state index contributed by atoms with van der Waals surface area (Å²) in [5, 5.41) is 3.63. The van der Waals surface area contributed by atoms with E-state index in [1.807, 2.05) is 6.07 Å². The number of hydrogen-bond donors (Lipinski definition) is 2. The van der Waals surface area contributed by atoms with Crippen molar-refractivity contribution < 1.29 is 9.53 Å². The van der Waals surface area contributed by atoms with Gasteiger partial charge in [0.05, 0.1) is 22.9 Å². The number of ether oxygens (including phenoxy) is 1. The van der Waals surface area contributed by atoms with Gasteiger partial charge in [0, 0.05) is 20.1 Å². The van der Waals surface area contributed by atoms with Crippen LogP contribution in [0.2, 0.25) is 0 Å². The van der Waals surface area contributed by atoms with Gasteiger partial charge in [-0.3, -0.25) is 4.79 Å². The van der Waals surface area contributed by atoms with Crippen LogP contribution in [0, 0.1) is 0 Å². The molecular formula is C12H19N3O2S. The van der Waals surface area contributed by atoms with E-state index < -0.39 is 0 Å². The number of carbonyl (C=O) groups excluding carboxylic acids is 1. The lowest BCUT2D eigenvalue weighted by molar-refractivity contribution is -0.0275. The Morgan fingerprint density at radius 2 is 2.33 bits per heavy atom. The first kappa shape index (κ1) is 13.2. The van der Waals surface area contributed by atoms with Gasteiger partial charge in [-0.2, -0.15) is 0 Å². The van der Waals surface area contributed by atoms with Crippen LogP contribution in [0.1, 0.15) is 23.5 Å². The lowest BCUT2D eigenvalue weighted by atomic mass is 10.1. The van der Waals surface area contributed by atoms with E-state index >= 15 is 0 Å². The molecule has 0 saturated carbocycles. The molecule has 0 unspecified atom stereocenters. The van der Waals surface area contributed by atoms with Crippen molar-refractivity contribution in [3.05, 3.63) is 10.9 Å². The Bertz CT molecular complexity index is 456. The Morgan fingerprint density at radius 3 is 2.94 bits per heavy atom. The molecule has 1 aliphatic rings. The number of hydrogen-bond acceptors (Lipinski definition) is 5. The van der Waals surface area contributed by atoms with E-state index in [4.69, 9.17) is 10.5 Å². The minimum Gasteiger partial charge on any atom is -0.397 e. The standard InChI is InChI=1S/C12H19N3O2S/c1-12(2)7-15(4-5-17-12)9-6-8(13)10(18-9)11(16)14-3/h6H,4-5,7,13H2,1-3H3,(H,14,16). The number of rotatable bonds is 2. The first-order chi connectivity index (χ1) is 8.43. The summed E-state index contributed by atoms with van der Waals surface area (Å²) in [4.78, 5) is 14.4. The summed E-state index contributed by atoms with van der Waals surface area (Å²) in [6.45, 7) is 6.46. The van der Waals surface area contributed by atoms with Crippen molar-refractivity contribution in [3.63, 3.8) is 0 Å². The fourth-order valence-corrected chi connectivity index (χ4v) is 3.09. The molecule has 0 spiro atoms. The van der Waals surface area contributed by atoms with Crippen LogP contribution in [0.5, 0.6) is 0 Å². The van der Waals surface area contributed by atoms with Gasteiger partial charge in [0.2, 0.25) is 0 Å². The predicted molar refractivity (Wildman–Crippen MR) is 74.4 cm³/mol. The number of nitrogens with one attached hydrogen (secondary N) is 1. The topological polar surface area (TPSA) is 67.6 Å². The van der Waals surface area contributed by atoms with Gasteiger partial charge in [-0.1, -0.05) is 0 Å². The van der Waals surface area contributed by atoms with Crippen LogP contribution < -0.4 is 16.0 Å². The van der Waals surface area contributed by atoms with Crippen LogP contribution in [0.25, 0.3) is 0 Å². The first-order valence-corrected chi connectivity index (χ1v) is 6.75. The zero-order valence-electron chi connectivity index (χ0n) is 10.9. The molecule has 2 rings (SSSR count). The smallest absolute Gasteiger partial charge is 0.263 e. The SMILES string of the molecule is CNC(=O)c1sc(N2CCOC(C)(C)C2)cc1N. The van der Waals surface area contributed by atoms with Gasteiger partial charge in [-0.05, 0) is 19.9 Å². The number of anilines is 2. The molecule has 0 atom stereocenters. The highest BCUT2D eigenvalue weighted by Crippen LogP contribution is 2.34. The highest BCUT2D eigenvalue weighted by Gasteiger charge is 2.28. The molecule has 1 fully saturated rings. The maximum absolute atomic E-state index is 11.6. The number of nitrogen functional groups attached to an aromatic ring is 1. The van der Waals surface area contributed by atoms with E-state index in [1.165, 1.54) is 11.3 Å². The molecule has 1 aromatic heterocycles. The van der Waals surface area contributed by atoms with Crippen LogP contribution in [-0.4, -0.2) is 38.3 Å². The molecule has 6 heteroatoms. The molecule has 18 heavy (non-hydrogen) atoms. The quantitative estimate of drug-likeness (QED) is 0.849. The normalized spacial score (nSPS) is 18.7. The Hall–Kier alpha value is -1.27. The fraction of sp³-hybridized carbons (Fsp3) is 0.583. The van der Waals surface area contributed by atoms with Crippen LogP contribution >= 0.6 is 11.3 Å². The largest absolute Gasteiger partial charge is 0.397 e. The molecule has 0 radical (unpaired) electrons. The monoisotopic (exact) mass is 269 g/mol. The molecule has 2 heterocycles. The van der Waals surface area contributed by atoms with Gasteiger partial charge in [-0.25, -0.2) is 0 Å². The van der Waals surface area contributed by atoms with Crippen LogP contribution in [0.4, 0.5) is 10.7 Å². The molecule has 1 aromatic rings. The van der Waals surface area contributed by atoms with Crippen LogP contribution in [0.15, 0.2) is 6.07 Å². The summed E-state index contributed by atoms with van der Waals surface area (Å²) < 4.78 is 5.68. The van der Waals surface area contributed by atoms with E-state index in [-0.39, 0.29) is 11.5 Å². The molecule has 5 nitrogen and oxygen atoms in total. The molecule has 1 amide bonds. The van der Waals surface area contributed by atoms with Crippen LogP contribution in [0.3, 0.4) is 0 Å². The molecule has 0 aromatic carbocycles. The van der Waals surface area contributed by atoms with Crippen molar-refractivity contribution in [3.8, 4) is 0 Å². The van der Waals surface area contributed by atoms with Gasteiger partial charge in [0.1, 0.15) is 4.88 Å². The minimum atomic E-state index is -0.163.